The van der Waals surface area contributed by atoms with Crippen LogP contribution in [0.2, 0.25) is 0 Å². The van der Waals surface area contributed by atoms with Crippen LogP contribution in [-0.4, -0.2) is 42.0 Å². The first kappa shape index (κ1) is 13.1. The van der Waals surface area contributed by atoms with E-state index in [1.807, 2.05) is 0 Å². The van der Waals surface area contributed by atoms with Gasteiger partial charge in [-0.3, -0.25) is 9.80 Å². The van der Waals surface area contributed by atoms with Gasteiger partial charge in [-0.25, -0.2) is 0 Å². The molecule has 3 rings (SSSR count). The lowest BCUT2D eigenvalue weighted by molar-refractivity contribution is 0.0994. The predicted molar refractivity (Wildman–Crippen MR) is 80.4 cm³/mol. The number of hydrogen-bond acceptors (Lipinski definition) is 2. The van der Waals surface area contributed by atoms with Crippen LogP contribution >= 0.6 is 0 Å². The van der Waals surface area contributed by atoms with Crippen LogP contribution in [0.1, 0.15) is 43.7 Å². The molecule has 2 fully saturated rings. The van der Waals surface area contributed by atoms with Crippen LogP contribution in [0.3, 0.4) is 0 Å². The molecule has 0 amide bonds. The van der Waals surface area contributed by atoms with Gasteiger partial charge in [0.2, 0.25) is 0 Å². The first-order valence-corrected chi connectivity index (χ1v) is 7.77. The summed E-state index contributed by atoms with van der Waals surface area (Å²) in [5.41, 5.74) is 2.92. The fourth-order valence-corrected chi connectivity index (χ4v) is 3.47. The number of hydrogen-bond donors (Lipinski definition) is 0. The number of piperazine rings is 1. The van der Waals surface area contributed by atoms with Crippen molar-refractivity contribution in [2.24, 2.45) is 0 Å². The highest BCUT2D eigenvalue weighted by atomic mass is 15.3. The molecule has 0 aromatic heterocycles. The Hall–Kier alpha value is -0.860. The van der Waals surface area contributed by atoms with Crippen molar-refractivity contribution in [2.45, 2.75) is 45.2 Å². The molecule has 1 unspecified atom stereocenters. The van der Waals surface area contributed by atoms with Gasteiger partial charge in [0.05, 0.1) is 0 Å². The average Bonchev–Trinajstić information content (AvgIpc) is 2.87. The third kappa shape index (κ3) is 3.01. The highest BCUT2D eigenvalue weighted by Crippen LogP contribution is 2.23. The maximum Gasteiger partial charge on any atom is 0.0234 e. The van der Waals surface area contributed by atoms with Gasteiger partial charge in [0.15, 0.2) is 0 Å². The van der Waals surface area contributed by atoms with E-state index in [4.69, 9.17) is 0 Å². The monoisotopic (exact) mass is 258 g/mol. The van der Waals surface area contributed by atoms with Crippen molar-refractivity contribution < 1.29 is 0 Å². The van der Waals surface area contributed by atoms with Crippen LogP contribution in [0, 0.1) is 0 Å². The average molecular weight is 258 g/mol. The molecule has 0 aliphatic carbocycles. The lowest BCUT2D eigenvalue weighted by atomic mass is 10.0. The Kier molecular flexibility index (Phi) is 3.90. The van der Waals surface area contributed by atoms with Crippen LogP contribution in [0.4, 0.5) is 0 Å². The summed E-state index contributed by atoms with van der Waals surface area (Å²) < 4.78 is 0. The lowest BCUT2D eigenvalue weighted by Gasteiger charge is -2.37. The summed E-state index contributed by atoms with van der Waals surface area (Å²) in [6.07, 6.45) is 2.81. The maximum absolute atomic E-state index is 2.68. The predicted octanol–water partition coefficient (Wildman–Crippen LogP) is 3.09. The molecule has 1 aromatic rings. The Morgan fingerprint density at radius 3 is 2.63 bits per heavy atom. The summed E-state index contributed by atoms with van der Waals surface area (Å²) in [6.45, 7) is 10.8. The zero-order valence-corrected chi connectivity index (χ0v) is 12.3. The van der Waals surface area contributed by atoms with Gasteiger partial charge in [0.1, 0.15) is 0 Å². The second-order valence-electron chi connectivity index (χ2n) is 6.46. The summed E-state index contributed by atoms with van der Waals surface area (Å²) >= 11 is 0. The van der Waals surface area contributed by atoms with Gasteiger partial charge in [-0.1, -0.05) is 38.1 Å². The second kappa shape index (κ2) is 5.64. The topological polar surface area (TPSA) is 6.48 Å². The fraction of sp³-hybridized carbons (Fsp3) is 0.647. The van der Waals surface area contributed by atoms with E-state index in [0.29, 0.717) is 5.92 Å². The van der Waals surface area contributed by atoms with Crippen LogP contribution in [0.5, 0.6) is 0 Å². The molecule has 104 valence electrons. The summed E-state index contributed by atoms with van der Waals surface area (Å²) in [5, 5.41) is 0. The molecular weight excluding hydrogens is 232 g/mol. The molecule has 2 heterocycles. The number of nitrogens with zero attached hydrogens (tertiary/aromatic N) is 2. The van der Waals surface area contributed by atoms with Crippen molar-refractivity contribution in [1.29, 1.82) is 0 Å². The quantitative estimate of drug-likeness (QED) is 0.822. The minimum Gasteiger partial charge on any atom is -0.298 e. The van der Waals surface area contributed by atoms with Crippen molar-refractivity contribution in [1.82, 2.24) is 9.80 Å². The van der Waals surface area contributed by atoms with E-state index >= 15 is 0 Å². The Morgan fingerprint density at radius 2 is 1.89 bits per heavy atom. The van der Waals surface area contributed by atoms with Gasteiger partial charge >= 0.3 is 0 Å². The van der Waals surface area contributed by atoms with Crippen molar-refractivity contribution in [3.05, 3.63) is 35.4 Å². The molecule has 2 saturated heterocycles. The van der Waals surface area contributed by atoms with Gasteiger partial charge in [-0.2, -0.15) is 0 Å². The largest absolute Gasteiger partial charge is 0.298 e. The van der Waals surface area contributed by atoms with E-state index in [1.165, 1.54) is 50.1 Å². The van der Waals surface area contributed by atoms with E-state index < -0.39 is 0 Å². The van der Waals surface area contributed by atoms with E-state index in [9.17, 15) is 0 Å². The van der Waals surface area contributed by atoms with Crippen molar-refractivity contribution in [2.75, 3.05) is 26.2 Å². The van der Waals surface area contributed by atoms with E-state index in [1.54, 1.807) is 0 Å². The molecule has 0 N–H and O–H groups in total. The van der Waals surface area contributed by atoms with Gasteiger partial charge in [-0.05, 0) is 36.4 Å². The smallest absolute Gasteiger partial charge is 0.0234 e. The molecule has 2 nitrogen and oxygen atoms in total. The first-order chi connectivity index (χ1) is 9.22. The summed E-state index contributed by atoms with van der Waals surface area (Å²) in [4.78, 5) is 5.31. The molecule has 19 heavy (non-hydrogen) atoms. The third-order valence-electron chi connectivity index (χ3n) is 4.72. The van der Waals surface area contributed by atoms with Gasteiger partial charge in [0, 0.05) is 32.2 Å². The fourth-order valence-electron chi connectivity index (χ4n) is 3.47. The second-order valence-corrected chi connectivity index (χ2v) is 6.46. The van der Waals surface area contributed by atoms with Gasteiger partial charge < -0.3 is 0 Å². The molecule has 1 atom stereocenters. The highest BCUT2D eigenvalue weighted by Gasteiger charge is 2.30. The molecule has 2 aliphatic heterocycles. The molecule has 2 heteroatoms. The summed E-state index contributed by atoms with van der Waals surface area (Å²) in [5.74, 6) is 0.635. The van der Waals surface area contributed by atoms with Crippen LogP contribution in [0.25, 0.3) is 0 Å². The highest BCUT2D eigenvalue weighted by molar-refractivity contribution is 5.24. The molecule has 0 spiro atoms. The Labute approximate surface area is 117 Å². The van der Waals surface area contributed by atoms with E-state index in [-0.39, 0.29) is 0 Å². The molecule has 2 aliphatic rings. The molecule has 0 saturated carbocycles. The van der Waals surface area contributed by atoms with Crippen LogP contribution in [0.15, 0.2) is 24.3 Å². The zero-order chi connectivity index (χ0) is 13.2. The molecule has 0 radical (unpaired) electrons. The number of fused-ring (bicyclic) bond motifs is 1. The number of rotatable bonds is 3. The molecular formula is C17H26N2. The summed E-state index contributed by atoms with van der Waals surface area (Å²) in [6, 6.07) is 10.1. The van der Waals surface area contributed by atoms with Crippen LogP contribution < -0.4 is 0 Å². The van der Waals surface area contributed by atoms with Gasteiger partial charge in [0.25, 0.3) is 0 Å². The Morgan fingerprint density at radius 1 is 1.11 bits per heavy atom. The normalized spacial score (nSPS) is 24.9. The van der Waals surface area contributed by atoms with Crippen molar-refractivity contribution >= 4 is 0 Å². The minimum absolute atomic E-state index is 0.635. The SMILES string of the molecule is CC(C)c1ccc(CN2CCN3CCCC3C2)cc1. The Balaban J connectivity index is 1.59. The molecule has 0 bridgehead atoms. The first-order valence-electron chi connectivity index (χ1n) is 7.77. The van der Waals surface area contributed by atoms with E-state index in [0.717, 1.165) is 12.6 Å². The van der Waals surface area contributed by atoms with Crippen molar-refractivity contribution in [3.8, 4) is 0 Å². The van der Waals surface area contributed by atoms with Gasteiger partial charge in [-0.15, -0.1) is 0 Å². The van der Waals surface area contributed by atoms with Crippen molar-refractivity contribution in [3.63, 3.8) is 0 Å². The molecule has 1 aromatic carbocycles. The minimum atomic E-state index is 0.635. The maximum atomic E-state index is 2.68. The third-order valence-corrected chi connectivity index (χ3v) is 4.72. The zero-order valence-electron chi connectivity index (χ0n) is 12.3. The summed E-state index contributed by atoms with van der Waals surface area (Å²) in [7, 11) is 0. The Bertz CT molecular complexity index is 410. The standard InChI is InChI=1S/C17H26N2/c1-14(2)16-7-5-15(6-8-16)12-18-10-11-19-9-3-4-17(19)13-18/h5-8,14,17H,3-4,9-13H2,1-2H3. The van der Waals surface area contributed by atoms with Crippen LogP contribution in [-0.2, 0) is 6.54 Å². The van der Waals surface area contributed by atoms with E-state index in [2.05, 4.69) is 47.9 Å². The lowest BCUT2D eigenvalue weighted by Crippen LogP contribution is -2.49. The number of benzene rings is 1.